The third-order valence-electron chi connectivity index (χ3n) is 3.22. The Kier molecular flexibility index (Phi) is 5.30. The number of nitrogens with one attached hydrogen (secondary N) is 1. The maximum Gasteiger partial charge on any atom is 0.270 e. The number of non-ortho nitro benzene ring substituents is 1. The van der Waals surface area contributed by atoms with Gasteiger partial charge in [0.2, 0.25) is 0 Å². The van der Waals surface area contributed by atoms with Crippen molar-refractivity contribution in [1.29, 1.82) is 0 Å². The molecule has 6 nitrogen and oxygen atoms in total. The van der Waals surface area contributed by atoms with E-state index in [-0.39, 0.29) is 23.2 Å². The van der Waals surface area contributed by atoms with Crippen LogP contribution in [0, 0.1) is 17.0 Å². The number of rotatable bonds is 6. The van der Waals surface area contributed by atoms with E-state index in [1.807, 2.05) is 38.1 Å². The van der Waals surface area contributed by atoms with Gasteiger partial charge in [0.05, 0.1) is 11.0 Å². The summed E-state index contributed by atoms with van der Waals surface area (Å²) in [5.74, 6) is 0.362. The second kappa shape index (κ2) is 7.40. The van der Waals surface area contributed by atoms with Crippen LogP contribution in [0.4, 0.5) is 5.69 Å². The van der Waals surface area contributed by atoms with E-state index >= 15 is 0 Å². The summed E-state index contributed by atoms with van der Waals surface area (Å²) >= 11 is 0. The molecule has 2 aromatic carbocycles. The first-order chi connectivity index (χ1) is 11.0. The number of nitro groups is 1. The number of hydrogen-bond donors (Lipinski definition) is 1. The average Bonchev–Trinajstić information content (AvgIpc) is 2.54. The van der Waals surface area contributed by atoms with Gasteiger partial charge in [0.25, 0.3) is 11.6 Å². The quantitative estimate of drug-likeness (QED) is 0.656. The molecule has 0 aliphatic rings. The smallest absolute Gasteiger partial charge is 0.270 e. The maximum absolute atomic E-state index is 12.1. The van der Waals surface area contributed by atoms with Crippen molar-refractivity contribution in [1.82, 2.24) is 5.32 Å². The largest absolute Gasteiger partial charge is 0.491 e. The Morgan fingerprint density at radius 3 is 2.61 bits per heavy atom. The van der Waals surface area contributed by atoms with Gasteiger partial charge >= 0.3 is 0 Å². The number of nitro benzene ring substituents is 1. The summed E-state index contributed by atoms with van der Waals surface area (Å²) in [5, 5.41) is 13.5. The van der Waals surface area contributed by atoms with Gasteiger partial charge in [0.1, 0.15) is 12.4 Å². The molecule has 0 saturated carbocycles. The van der Waals surface area contributed by atoms with Crippen molar-refractivity contribution in [2.24, 2.45) is 0 Å². The number of amides is 1. The molecule has 2 rings (SSSR count). The molecule has 1 N–H and O–H groups in total. The summed E-state index contributed by atoms with van der Waals surface area (Å²) < 4.78 is 5.60. The van der Waals surface area contributed by atoms with Crippen molar-refractivity contribution in [3.8, 4) is 5.75 Å². The highest BCUT2D eigenvalue weighted by atomic mass is 16.6. The fraction of sp³-hybridized carbons (Fsp3) is 0.235. The zero-order valence-electron chi connectivity index (χ0n) is 13.0. The molecule has 6 heteroatoms. The van der Waals surface area contributed by atoms with Crippen molar-refractivity contribution in [2.75, 3.05) is 6.61 Å². The van der Waals surface area contributed by atoms with Gasteiger partial charge in [0.15, 0.2) is 0 Å². The molecule has 0 radical (unpaired) electrons. The van der Waals surface area contributed by atoms with Crippen molar-refractivity contribution in [3.63, 3.8) is 0 Å². The van der Waals surface area contributed by atoms with Crippen LogP contribution < -0.4 is 10.1 Å². The van der Waals surface area contributed by atoms with Crippen molar-refractivity contribution >= 4 is 11.6 Å². The molecule has 1 atom stereocenters. The molecular formula is C17H18N2O4. The summed E-state index contributed by atoms with van der Waals surface area (Å²) in [5.41, 5.74) is 1.28. The number of nitrogens with zero attached hydrogens (tertiary/aromatic N) is 1. The number of carbonyl (C=O) groups excluding carboxylic acids is 1. The Morgan fingerprint density at radius 2 is 1.96 bits per heavy atom. The number of hydrogen-bond acceptors (Lipinski definition) is 4. The lowest BCUT2D eigenvalue weighted by Crippen LogP contribution is -2.36. The number of carbonyl (C=O) groups is 1. The van der Waals surface area contributed by atoms with Gasteiger partial charge in [-0.25, -0.2) is 0 Å². The van der Waals surface area contributed by atoms with E-state index in [1.54, 1.807) is 0 Å². The summed E-state index contributed by atoms with van der Waals surface area (Å²) in [7, 11) is 0. The normalized spacial score (nSPS) is 11.6. The van der Waals surface area contributed by atoms with Crippen LogP contribution in [0.5, 0.6) is 5.75 Å². The zero-order chi connectivity index (χ0) is 16.8. The molecule has 2 aromatic rings. The van der Waals surface area contributed by atoms with Gasteiger partial charge in [0, 0.05) is 17.7 Å². The standard InChI is InChI=1S/C17H18N2O4/c1-12-6-8-16(9-7-12)23-11-13(2)18-17(20)14-4-3-5-15(10-14)19(21)22/h3-10,13H,11H2,1-2H3,(H,18,20)/t13-/m1/s1. The molecule has 0 aromatic heterocycles. The molecular weight excluding hydrogens is 296 g/mol. The number of ether oxygens (including phenoxy) is 1. The monoisotopic (exact) mass is 314 g/mol. The minimum Gasteiger partial charge on any atom is -0.491 e. The van der Waals surface area contributed by atoms with Crippen LogP contribution in [-0.2, 0) is 0 Å². The minimum absolute atomic E-state index is 0.110. The van der Waals surface area contributed by atoms with E-state index in [9.17, 15) is 14.9 Å². The molecule has 0 aliphatic heterocycles. The van der Waals surface area contributed by atoms with Gasteiger partial charge in [-0.15, -0.1) is 0 Å². The fourth-order valence-corrected chi connectivity index (χ4v) is 1.97. The third-order valence-corrected chi connectivity index (χ3v) is 3.22. The molecule has 0 fully saturated rings. The lowest BCUT2D eigenvalue weighted by molar-refractivity contribution is -0.384. The summed E-state index contributed by atoms with van der Waals surface area (Å²) in [6.45, 7) is 4.11. The lowest BCUT2D eigenvalue weighted by Gasteiger charge is -2.15. The summed E-state index contributed by atoms with van der Waals surface area (Å²) in [6, 6.07) is 13.0. The Labute approximate surface area is 134 Å². The Balaban J connectivity index is 1.90. The molecule has 0 saturated heterocycles. The van der Waals surface area contributed by atoms with E-state index in [0.29, 0.717) is 6.61 Å². The Bertz CT molecular complexity index is 698. The molecule has 0 spiro atoms. The first kappa shape index (κ1) is 16.5. The minimum atomic E-state index is -0.527. The number of aryl methyl sites for hydroxylation is 1. The molecule has 0 unspecified atom stereocenters. The highest BCUT2D eigenvalue weighted by Gasteiger charge is 2.13. The van der Waals surface area contributed by atoms with Crippen LogP contribution in [-0.4, -0.2) is 23.5 Å². The van der Waals surface area contributed by atoms with E-state index < -0.39 is 4.92 Å². The van der Waals surface area contributed by atoms with Crippen molar-refractivity contribution in [2.45, 2.75) is 19.9 Å². The number of benzene rings is 2. The predicted molar refractivity (Wildman–Crippen MR) is 86.7 cm³/mol. The van der Waals surface area contributed by atoms with Crippen LogP contribution in [0.15, 0.2) is 48.5 Å². The fourth-order valence-electron chi connectivity index (χ4n) is 1.97. The Morgan fingerprint density at radius 1 is 1.26 bits per heavy atom. The van der Waals surface area contributed by atoms with Crippen LogP contribution >= 0.6 is 0 Å². The SMILES string of the molecule is Cc1ccc(OC[C@@H](C)NC(=O)c2cccc([N+](=O)[O-])c2)cc1. The topological polar surface area (TPSA) is 81.5 Å². The average molecular weight is 314 g/mol. The van der Waals surface area contributed by atoms with Crippen LogP contribution in [0.25, 0.3) is 0 Å². The molecule has 120 valence electrons. The second-order valence-electron chi connectivity index (χ2n) is 5.31. The van der Waals surface area contributed by atoms with Gasteiger partial charge in [-0.2, -0.15) is 0 Å². The zero-order valence-corrected chi connectivity index (χ0v) is 13.0. The van der Waals surface area contributed by atoms with Crippen molar-refractivity contribution in [3.05, 3.63) is 69.8 Å². The first-order valence-electron chi connectivity index (χ1n) is 7.20. The van der Waals surface area contributed by atoms with E-state index in [0.717, 1.165) is 11.3 Å². The lowest BCUT2D eigenvalue weighted by atomic mass is 10.2. The van der Waals surface area contributed by atoms with Gasteiger partial charge in [-0.3, -0.25) is 14.9 Å². The van der Waals surface area contributed by atoms with Crippen LogP contribution in [0.2, 0.25) is 0 Å². The molecule has 0 bridgehead atoms. The highest BCUT2D eigenvalue weighted by Crippen LogP contribution is 2.14. The van der Waals surface area contributed by atoms with E-state index in [2.05, 4.69) is 5.32 Å². The predicted octanol–water partition coefficient (Wildman–Crippen LogP) is 3.10. The molecule has 23 heavy (non-hydrogen) atoms. The maximum atomic E-state index is 12.1. The van der Waals surface area contributed by atoms with E-state index in [4.69, 9.17) is 4.74 Å². The van der Waals surface area contributed by atoms with Crippen molar-refractivity contribution < 1.29 is 14.5 Å². The molecule has 0 heterocycles. The highest BCUT2D eigenvalue weighted by molar-refractivity contribution is 5.94. The molecule has 0 aliphatic carbocycles. The first-order valence-corrected chi connectivity index (χ1v) is 7.20. The third kappa shape index (κ3) is 4.81. The van der Waals surface area contributed by atoms with Gasteiger partial charge in [-0.1, -0.05) is 23.8 Å². The second-order valence-corrected chi connectivity index (χ2v) is 5.31. The van der Waals surface area contributed by atoms with Crippen LogP contribution in [0.1, 0.15) is 22.8 Å². The molecule has 1 amide bonds. The van der Waals surface area contributed by atoms with Gasteiger partial charge < -0.3 is 10.1 Å². The summed E-state index contributed by atoms with van der Waals surface area (Å²) in [4.78, 5) is 22.3. The Hall–Kier alpha value is -2.89. The van der Waals surface area contributed by atoms with E-state index in [1.165, 1.54) is 24.3 Å². The van der Waals surface area contributed by atoms with Crippen LogP contribution in [0.3, 0.4) is 0 Å². The summed E-state index contributed by atoms with van der Waals surface area (Å²) in [6.07, 6.45) is 0. The van der Waals surface area contributed by atoms with Gasteiger partial charge in [-0.05, 0) is 32.0 Å².